The van der Waals surface area contributed by atoms with Crippen LogP contribution < -0.4 is 10.6 Å². The molecule has 38 heavy (non-hydrogen) atoms. The first-order valence-corrected chi connectivity index (χ1v) is 12.7. The van der Waals surface area contributed by atoms with E-state index in [1.165, 1.54) is 5.38 Å². The van der Waals surface area contributed by atoms with Crippen molar-refractivity contribution >= 4 is 63.8 Å². The van der Waals surface area contributed by atoms with E-state index in [0.717, 1.165) is 34.9 Å². The second-order valence-electron chi connectivity index (χ2n) is 8.85. The van der Waals surface area contributed by atoms with E-state index in [4.69, 9.17) is 9.47 Å². The summed E-state index contributed by atoms with van der Waals surface area (Å²) in [5.74, 6) is -4.82. The van der Waals surface area contributed by atoms with Gasteiger partial charge in [0.15, 0.2) is 10.9 Å². The number of hydrogen-bond donors (Lipinski definition) is 4. The molecule has 4 N–H and O–H groups in total. The van der Waals surface area contributed by atoms with Gasteiger partial charge in [0.05, 0.1) is 0 Å². The van der Waals surface area contributed by atoms with Crippen LogP contribution in [0, 0.1) is 4.91 Å². The molecule has 0 unspecified atom stereocenters. The molecule has 2 atom stereocenters. The highest BCUT2D eigenvalue weighted by molar-refractivity contribution is 8.00. The monoisotopic (exact) mass is 569 g/mol. The van der Waals surface area contributed by atoms with E-state index in [2.05, 4.69) is 20.8 Å². The molecule has 0 bridgehead atoms. The number of carbonyl (C=O) groups is 5. The fourth-order valence-electron chi connectivity index (χ4n) is 3.34. The highest BCUT2D eigenvalue weighted by atomic mass is 32.2. The second kappa shape index (κ2) is 11.2. The van der Waals surface area contributed by atoms with Crippen molar-refractivity contribution in [1.82, 2.24) is 15.2 Å². The van der Waals surface area contributed by atoms with Crippen LogP contribution in [0.5, 0.6) is 0 Å². The summed E-state index contributed by atoms with van der Waals surface area (Å²) in [6.45, 7) is 5.83. The number of nitroso groups, excluding NO2 is 1. The fraction of sp³-hybridized carbons (Fsp3) is 0.429. The first-order chi connectivity index (χ1) is 17.7. The van der Waals surface area contributed by atoms with Gasteiger partial charge in [-0.1, -0.05) is 0 Å². The zero-order chi connectivity index (χ0) is 28.4. The largest absolute Gasteiger partial charge is 0.504 e. The Morgan fingerprint density at radius 2 is 1.95 bits per heavy atom. The lowest BCUT2D eigenvalue weighted by atomic mass is 10.0. The Kier molecular flexibility index (Phi) is 8.41. The lowest BCUT2D eigenvalue weighted by Gasteiger charge is -2.49. The summed E-state index contributed by atoms with van der Waals surface area (Å²) in [5, 5.41) is 27.7. The fourth-order valence-corrected chi connectivity index (χ4v) is 5.35. The van der Waals surface area contributed by atoms with Gasteiger partial charge in [0.2, 0.25) is 5.70 Å². The molecule has 0 aliphatic carbocycles. The van der Waals surface area contributed by atoms with Gasteiger partial charge in [-0.25, -0.2) is 14.6 Å². The Labute approximate surface area is 223 Å². The van der Waals surface area contributed by atoms with Crippen LogP contribution in [0.4, 0.5) is 9.93 Å². The molecule has 1 aromatic rings. The summed E-state index contributed by atoms with van der Waals surface area (Å²) in [5.41, 5.74) is -2.14. The quantitative estimate of drug-likeness (QED) is 0.116. The summed E-state index contributed by atoms with van der Waals surface area (Å²) in [6, 6.07) is -1.22. The van der Waals surface area contributed by atoms with Crippen molar-refractivity contribution in [3.05, 3.63) is 32.9 Å². The van der Waals surface area contributed by atoms with Crippen molar-refractivity contribution in [2.75, 3.05) is 17.7 Å². The third-order valence-electron chi connectivity index (χ3n) is 4.87. The maximum Gasteiger partial charge on any atom is 0.413 e. The lowest BCUT2D eigenvalue weighted by molar-refractivity contribution is -0.150. The van der Waals surface area contributed by atoms with E-state index in [1.807, 2.05) is 0 Å². The number of aromatic nitrogens is 1. The number of nitrogens with zero attached hydrogens (tertiary/aromatic N) is 3. The number of ether oxygens (including phenoxy) is 2. The first-order valence-electron chi connectivity index (χ1n) is 10.8. The molecular weight excluding hydrogens is 546 g/mol. The van der Waals surface area contributed by atoms with Crippen molar-refractivity contribution in [2.45, 2.75) is 44.7 Å². The topological polar surface area (TPSA) is 214 Å². The Hall–Kier alpha value is -3.99. The first kappa shape index (κ1) is 28.6. The van der Waals surface area contributed by atoms with Gasteiger partial charge in [0, 0.05) is 23.6 Å². The Balaban J connectivity index is 1.73. The number of thioether (sulfide) groups is 1. The SMILES string of the molecule is CC(=O)OCC1=C(C(=O)O)N2C(=O)[C@@H](NC(=O)C(N=O)=C(O)c3csc(NC(=O)OC(C)(C)C)n3)[C@@H]2SC1. The normalized spacial score (nSPS) is 19.5. The van der Waals surface area contributed by atoms with Crippen LogP contribution in [-0.4, -0.2) is 79.3 Å². The van der Waals surface area contributed by atoms with Crippen LogP contribution in [0.2, 0.25) is 0 Å². The van der Waals surface area contributed by atoms with Gasteiger partial charge in [-0.2, -0.15) is 0 Å². The van der Waals surface area contributed by atoms with E-state index >= 15 is 0 Å². The smallest absolute Gasteiger partial charge is 0.413 e. The molecule has 3 heterocycles. The molecule has 204 valence electrons. The van der Waals surface area contributed by atoms with Gasteiger partial charge >= 0.3 is 18.0 Å². The number of aliphatic hydroxyl groups is 1. The number of carbonyl (C=O) groups excluding carboxylic acids is 4. The number of aliphatic carboxylic acids is 1. The van der Waals surface area contributed by atoms with Crippen LogP contribution in [0.3, 0.4) is 0 Å². The highest BCUT2D eigenvalue weighted by Gasteiger charge is 2.54. The molecule has 3 rings (SSSR count). The van der Waals surface area contributed by atoms with Gasteiger partial charge in [0.25, 0.3) is 11.8 Å². The summed E-state index contributed by atoms with van der Waals surface area (Å²) in [7, 11) is 0. The summed E-state index contributed by atoms with van der Waals surface area (Å²) < 4.78 is 9.95. The average Bonchev–Trinajstić information content (AvgIpc) is 3.27. The molecule has 3 amide bonds. The number of carboxylic acids is 1. The molecule has 1 fully saturated rings. The van der Waals surface area contributed by atoms with Crippen LogP contribution >= 0.6 is 23.1 Å². The third kappa shape index (κ3) is 6.28. The number of β-lactam (4-membered cyclic amide) rings is 1. The summed E-state index contributed by atoms with van der Waals surface area (Å²) in [6.07, 6.45) is -0.808. The van der Waals surface area contributed by atoms with E-state index in [1.54, 1.807) is 20.8 Å². The number of aliphatic hydroxyl groups excluding tert-OH is 1. The molecule has 0 saturated carbocycles. The predicted octanol–water partition coefficient (Wildman–Crippen LogP) is 1.78. The number of thiazole rings is 1. The lowest BCUT2D eigenvalue weighted by Crippen LogP contribution is -2.70. The number of anilines is 1. The van der Waals surface area contributed by atoms with Crippen LogP contribution in [0.25, 0.3) is 5.76 Å². The summed E-state index contributed by atoms with van der Waals surface area (Å²) >= 11 is 1.99. The minimum Gasteiger partial charge on any atom is -0.504 e. The molecule has 1 saturated heterocycles. The molecule has 2 aliphatic rings. The Bertz CT molecular complexity index is 1270. The average molecular weight is 570 g/mol. The van der Waals surface area contributed by atoms with E-state index in [-0.39, 0.29) is 34.5 Å². The van der Waals surface area contributed by atoms with Crippen LogP contribution in [-0.2, 0) is 28.7 Å². The van der Waals surface area contributed by atoms with E-state index in [0.29, 0.717) is 0 Å². The number of amides is 3. The minimum atomic E-state index is -1.41. The van der Waals surface area contributed by atoms with E-state index < -0.39 is 58.3 Å². The standard InChI is InChI=1S/C21H23N5O10S2/c1-8(27)35-5-9-6-37-17-12(16(30)26(17)13(9)18(31)32)23-15(29)11(25-34)14(28)10-7-38-19(22-10)24-20(33)36-21(2,3)4/h7,12,17,28H,5-6H2,1-4H3,(H,23,29)(H,31,32)(H,22,24,33)/t12-,17+/m1/s1. The third-order valence-corrected chi connectivity index (χ3v) is 6.97. The predicted molar refractivity (Wildman–Crippen MR) is 134 cm³/mol. The minimum absolute atomic E-state index is 0.00687. The van der Waals surface area contributed by atoms with Crippen molar-refractivity contribution in [2.24, 2.45) is 5.18 Å². The number of nitrogens with one attached hydrogen (secondary N) is 2. The van der Waals surface area contributed by atoms with Crippen molar-refractivity contribution in [3.63, 3.8) is 0 Å². The van der Waals surface area contributed by atoms with Crippen molar-refractivity contribution in [3.8, 4) is 0 Å². The van der Waals surface area contributed by atoms with Gasteiger partial charge in [-0.15, -0.1) is 28.0 Å². The van der Waals surface area contributed by atoms with Crippen molar-refractivity contribution in [1.29, 1.82) is 0 Å². The number of esters is 1. The Morgan fingerprint density at radius 3 is 2.53 bits per heavy atom. The molecule has 0 radical (unpaired) electrons. The maximum absolute atomic E-state index is 12.7. The zero-order valence-corrected chi connectivity index (χ0v) is 22.1. The number of hydrogen-bond acceptors (Lipinski definition) is 13. The zero-order valence-electron chi connectivity index (χ0n) is 20.5. The van der Waals surface area contributed by atoms with Crippen molar-refractivity contribution < 1.29 is 43.7 Å². The second-order valence-corrected chi connectivity index (χ2v) is 10.8. The highest BCUT2D eigenvalue weighted by Crippen LogP contribution is 2.40. The van der Waals surface area contributed by atoms with Crippen LogP contribution in [0.15, 0.2) is 27.5 Å². The molecule has 0 aromatic carbocycles. The van der Waals surface area contributed by atoms with Gasteiger partial charge in [-0.05, 0) is 25.9 Å². The van der Waals surface area contributed by atoms with Gasteiger partial charge < -0.3 is 25.0 Å². The molecule has 17 heteroatoms. The molecule has 0 spiro atoms. The van der Waals surface area contributed by atoms with Crippen LogP contribution in [0.1, 0.15) is 33.4 Å². The van der Waals surface area contributed by atoms with E-state index in [9.17, 15) is 39.1 Å². The molecule has 1 aromatic heterocycles. The number of rotatable bonds is 8. The molecular formula is C21H23N5O10S2. The number of fused-ring (bicyclic) bond motifs is 1. The van der Waals surface area contributed by atoms with Gasteiger partial charge in [0.1, 0.15) is 35.0 Å². The number of carboxylic acid groups (broad SMARTS) is 1. The van der Waals surface area contributed by atoms with Gasteiger partial charge in [-0.3, -0.25) is 24.6 Å². The molecule has 2 aliphatic heterocycles. The molecule has 15 nitrogen and oxygen atoms in total. The summed E-state index contributed by atoms with van der Waals surface area (Å²) in [4.78, 5) is 76.5. The maximum atomic E-state index is 12.7. The Morgan fingerprint density at radius 1 is 1.26 bits per heavy atom.